The minimum absolute atomic E-state index is 0.164. The van der Waals surface area contributed by atoms with Gasteiger partial charge in [0.05, 0.1) is 29.7 Å². The Morgan fingerprint density at radius 1 is 1.29 bits per heavy atom. The van der Waals surface area contributed by atoms with E-state index >= 15 is 0 Å². The average Bonchev–Trinajstić information content (AvgIpc) is 3.21. The molecule has 3 aromatic rings. The summed E-state index contributed by atoms with van der Waals surface area (Å²) in [5.74, 6) is -0.164. The summed E-state index contributed by atoms with van der Waals surface area (Å²) in [6.07, 6.45) is 4.81. The largest absolute Gasteiger partial charge is 0.472 e. The van der Waals surface area contributed by atoms with Crippen molar-refractivity contribution in [3.05, 3.63) is 77.5 Å². The predicted molar refractivity (Wildman–Crippen MR) is 104 cm³/mol. The molecule has 0 radical (unpaired) electrons. The van der Waals surface area contributed by atoms with Crippen LogP contribution in [0.3, 0.4) is 0 Å². The van der Waals surface area contributed by atoms with Crippen LogP contribution in [0.4, 0.5) is 4.79 Å². The lowest BCUT2D eigenvalue weighted by Crippen LogP contribution is -2.47. The van der Waals surface area contributed by atoms with Gasteiger partial charge in [0, 0.05) is 36.4 Å². The quantitative estimate of drug-likeness (QED) is 0.732. The van der Waals surface area contributed by atoms with Crippen molar-refractivity contribution in [2.45, 2.75) is 19.5 Å². The molecule has 1 aromatic carbocycles. The number of aromatic nitrogens is 1. The van der Waals surface area contributed by atoms with E-state index in [2.05, 4.69) is 15.6 Å². The lowest BCUT2D eigenvalue weighted by Gasteiger charge is -2.30. The number of allylic oxidation sites excluding steroid dienone is 1. The number of carbonyl (C=O) groups excluding carboxylic acids is 2. The van der Waals surface area contributed by atoms with E-state index in [0.29, 0.717) is 17.8 Å². The number of urea groups is 1. The summed E-state index contributed by atoms with van der Waals surface area (Å²) in [6, 6.07) is 10.7. The van der Waals surface area contributed by atoms with E-state index in [1.807, 2.05) is 30.3 Å². The molecule has 2 N–H and O–H groups in total. The van der Waals surface area contributed by atoms with Gasteiger partial charge in [-0.25, -0.2) is 4.79 Å². The average molecular weight is 376 g/mol. The van der Waals surface area contributed by atoms with E-state index in [1.165, 1.54) is 12.5 Å². The Bertz CT molecular complexity index is 1070. The van der Waals surface area contributed by atoms with E-state index in [4.69, 9.17) is 4.42 Å². The van der Waals surface area contributed by atoms with E-state index in [-0.39, 0.29) is 11.9 Å². The molecule has 7 nitrogen and oxygen atoms in total. The number of fused-ring (bicyclic) bond motifs is 1. The molecule has 3 heterocycles. The van der Waals surface area contributed by atoms with Crippen LogP contribution in [-0.4, -0.2) is 28.9 Å². The van der Waals surface area contributed by atoms with Crippen molar-refractivity contribution >= 4 is 22.8 Å². The highest BCUT2D eigenvalue weighted by Crippen LogP contribution is 2.28. The second-order valence-electron chi connectivity index (χ2n) is 6.82. The van der Waals surface area contributed by atoms with Crippen molar-refractivity contribution in [1.29, 1.82) is 0 Å². The Morgan fingerprint density at radius 3 is 2.93 bits per heavy atom. The molecule has 1 atom stereocenters. The zero-order chi connectivity index (χ0) is 19.7. The number of carbonyl (C=O) groups is 2. The molecule has 4 rings (SSSR count). The summed E-state index contributed by atoms with van der Waals surface area (Å²) in [5.41, 5.74) is 3.67. The van der Waals surface area contributed by atoms with Crippen molar-refractivity contribution in [3.63, 3.8) is 0 Å². The number of likely N-dealkylation sites (N-methyl/N-ethyl adjacent to an activating group) is 1. The van der Waals surface area contributed by atoms with Crippen LogP contribution in [0.1, 0.15) is 24.1 Å². The second kappa shape index (κ2) is 7.19. The Balaban J connectivity index is 1.60. The lowest BCUT2D eigenvalue weighted by molar-refractivity contribution is -0.126. The van der Waals surface area contributed by atoms with Gasteiger partial charge in [-0.2, -0.15) is 0 Å². The lowest BCUT2D eigenvalue weighted by atomic mass is 9.96. The molecule has 0 fully saturated rings. The molecule has 0 saturated carbocycles. The summed E-state index contributed by atoms with van der Waals surface area (Å²) in [4.78, 5) is 31.1. The minimum Gasteiger partial charge on any atom is -0.472 e. The molecular formula is C21H20N4O3. The third-order valence-electron chi connectivity index (χ3n) is 4.81. The zero-order valence-corrected chi connectivity index (χ0v) is 15.6. The summed E-state index contributed by atoms with van der Waals surface area (Å²) in [6.45, 7) is 2.17. The number of benzene rings is 1. The molecule has 7 heteroatoms. The Kier molecular flexibility index (Phi) is 4.57. The highest BCUT2D eigenvalue weighted by molar-refractivity contribution is 5.98. The van der Waals surface area contributed by atoms with Crippen LogP contribution in [0.25, 0.3) is 10.9 Å². The fraction of sp³-hybridized carbons (Fsp3) is 0.190. The van der Waals surface area contributed by atoms with E-state index < -0.39 is 6.04 Å². The molecular weight excluding hydrogens is 356 g/mol. The van der Waals surface area contributed by atoms with Gasteiger partial charge in [-0.3, -0.25) is 9.78 Å². The normalized spacial score (nSPS) is 16.6. The maximum absolute atomic E-state index is 13.2. The SMILES string of the molecule is CC1=C(C(=O)N(C)Cc2ccc3ncccc3c2)[C@@H](c2ccoc2)NC(=O)N1. The summed E-state index contributed by atoms with van der Waals surface area (Å²) in [5, 5.41) is 6.51. The molecule has 2 aromatic heterocycles. The van der Waals surface area contributed by atoms with Crippen LogP contribution in [0.15, 0.2) is 70.8 Å². The number of amides is 3. The third-order valence-corrected chi connectivity index (χ3v) is 4.81. The third kappa shape index (κ3) is 3.34. The van der Waals surface area contributed by atoms with Gasteiger partial charge in [0.15, 0.2) is 0 Å². The van der Waals surface area contributed by atoms with E-state index in [9.17, 15) is 9.59 Å². The molecule has 1 aliphatic heterocycles. The van der Waals surface area contributed by atoms with Gasteiger partial charge in [0.1, 0.15) is 0 Å². The molecule has 0 bridgehead atoms. The van der Waals surface area contributed by atoms with Crippen molar-refractivity contribution in [2.24, 2.45) is 0 Å². The summed E-state index contributed by atoms with van der Waals surface area (Å²) in [7, 11) is 1.75. The number of furan rings is 1. The molecule has 1 aliphatic rings. The monoisotopic (exact) mass is 376 g/mol. The first-order valence-corrected chi connectivity index (χ1v) is 8.92. The zero-order valence-electron chi connectivity index (χ0n) is 15.6. The highest BCUT2D eigenvalue weighted by Gasteiger charge is 2.33. The summed E-state index contributed by atoms with van der Waals surface area (Å²) < 4.78 is 5.14. The van der Waals surface area contributed by atoms with Gasteiger partial charge in [-0.15, -0.1) is 0 Å². The fourth-order valence-corrected chi connectivity index (χ4v) is 3.44. The number of hydrogen-bond donors (Lipinski definition) is 2. The molecule has 0 spiro atoms. The smallest absolute Gasteiger partial charge is 0.319 e. The first-order valence-electron chi connectivity index (χ1n) is 8.92. The van der Waals surface area contributed by atoms with E-state index in [0.717, 1.165) is 22.0 Å². The molecule has 28 heavy (non-hydrogen) atoms. The number of nitrogens with zero attached hydrogens (tertiary/aromatic N) is 2. The van der Waals surface area contributed by atoms with Crippen molar-refractivity contribution in [2.75, 3.05) is 7.05 Å². The van der Waals surface area contributed by atoms with Gasteiger partial charge in [-0.05, 0) is 36.8 Å². The van der Waals surface area contributed by atoms with Crippen LogP contribution >= 0.6 is 0 Å². The Morgan fingerprint density at radius 2 is 2.14 bits per heavy atom. The molecule has 0 aliphatic carbocycles. The molecule has 142 valence electrons. The number of pyridine rings is 1. The van der Waals surface area contributed by atoms with Gasteiger partial charge in [0.2, 0.25) is 0 Å². The number of hydrogen-bond acceptors (Lipinski definition) is 4. The van der Waals surface area contributed by atoms with Crippen LogP contribution in [-0.2, 0) is 11.3 Å². The van der Waals surface area contributed by atoms with Crippen LogP contribution in [0.5, 0.6) is 0 Å². The first-order chi connectivity index (χ1) is 13.5. The van der Waals surface area contributed by atoms with Crippen molar-refractivity contribution in [1.82, 2.24) is 20.5 Å². The molecule has 3 amide bonds. The number of nitrogens with one attached hydrogen (secondary N) is 2. The van der Waals surface area contributed by atoms with Gasteiger partial charge in [0.25, 0.3) is 5.91 Å². The second-order valence-corrected chi connectivity index (χ2v) is 6.82. The van der Waals surface area contributed by atoms with Gasteiger partial charge in [-0.1, -0.05) is 12.1 Å². The van der Waals surface area contributed by atoms with Crippen molar-refractivity contribution in [3.8, 4) is 0 Å². The van der Waals surface area contributed by atoms with Gasteiger partial charge >= 0.3 is 6.03 Å². The maximum Gasteiger partial charge on any atom is 0.319 e. The molecule has 0 saturated heterocycles. The van der Waals surface area contributed by atoms with Crippen LogP contribution < -0.4 is 10.6 Å². The maximum atomic E-state index is 13.2. The van der Waals surface area contributed by atoms with Crippen LogP contribution in [0.2, 0.25) is 0 Å². The first kappa shape index (κ1) is 17.8. The fourth-order valence-electron chi connectivity index (χ4n) is 3.44. The van der Waals surface area contributed by atoms with Crippen molar-refractivity contribution < 1.29 is 14.0 Å². The topological polar surface area (TPSA) is 87.5 Å². The standard InChI is InChI=1S/C21H20N4O3/c1-13-18(19(24-21(27)23-13)16-7-9-28-12-16)20(26)25(2)11-14-5-6-17-15(10-14)4-3-8-22-17/h3-10,12,19H,11H2,1-2H3,(H2,23,24,27)/t19-/m1/s1. The minimum atomic E-state index is -0.553. The number of rotatable bonds is 4. The predicted octanol–water partition coefficient (Wildman–Crippen LogP) is 3.11. The summed E-state index contributed by atoms with van der Waals surface area (Å²) >= 11 is 0. The van der Waals surface area contributed by atoms with E-state index in [1.54, 1.807) is 31.1 Å². The molecule has 0 unspecified atom stereocenters. The van der Waals surface area contributed by atoms with Crippen LogP contribution in [0, 0.1) is 0 Å². The Hall–Kier alpha value is -3.61. The van der Waals surface area contributed by atoms with Gasteiger partial charge < -0.3 is 20.0 Å². The Labute approximate surface area is 162 Å². The highest BCUT2D eigenvalue weighted by atomic mass is 16.3.